The number of rotatable bonds is 1. The molecule has 0 amide bonds. The number of aromatic nitrogens is 2. The number of nitrogens with zero attached hydrogens (tertiary/aromatic N) is 2. The van der Waals surface area contributed by atoms with E-state index >= 15 is 0 Å². The average Bonchev–Trinajstić information content (AvgIpc) is 1.90. The van der Waals surface area contributed by atoms with Crippen molar-refractivity contribution in [2.75, 3.05) is 9.86 Å². The van der Waals surface area contributed by atoms with Crippen LogP contribution in [-0.2, 0) is 20.4 Å². The van der Waals surface area contributed by atoms with E-state index in [1.54, 1.807) is 6.20 Å². The Balaban J connectivity index is 0.000000810. The van der Waals surface area contributed by atoms with E-state index in [1.165, 1.54) is 3.70 Å². The molecule has 1 radical (unpaired) electrons. The molecule has 10 heavy (non-hydrogen) atoms. The Bertz CT molecular complexity index is 178. The first kappa shape index (κ1) is 10.5. The molecule has 0 N–H and O–H groups in total. The Morgan fingerprint density at radius 3 is 2.50 bits per heavy atom. The van der Waals surface area contributed by atoms with Crippen molar-refractivity contribution in [2.45, 2.75) is 0 Å². The van der Waals surface area contributed by atoms with E-state index in [0.29, 0.717) is 0 Å². The summed E-state index contributed by atoms with van der Waals surface area (Å²) in [6.07, 6.45) is 4.33. The van der Waals surface area contributed by atoms with E-state index in [2.05, 4.69) is 26.2 Å². The molecule has 0 aliphatic carbocycles. The molecule has 1 heterocycles. The maximum absolute atomic E-state index is 4.01. The molecule has 57 valence electrons. The topological polar surface area (TPSA) is 25.8 Å². The van der Waals surface area contributed by atoms with Gasteiger partial charge in [-0.25, -0.2) is 0 Å². The molecule has 1 aromatic rings. The van der Waals surface area contributed by atoms with E-state index in [9.17, 15) is 0 Å². The summed E-state index contributed by atoms with van der Waals surface area (Å²) in [5.41, 5.74) is 0. The molecule has 0 fully saturated rings. The van der Waals surface area contributed by atoms with Crippen LogP contribution in [0.5, 0.6) is 0 Å². The van der Waals surface area contributed by atoms with Gasteiger partial charge in [-0.1, -0.05) is 0 Å². The molecular weight excluding hydrogens is 413 g/mol. The van der Waals surface area contributed by atoms with Crippen LogP contribution in [0.2, 0.25) is 0 Å². The van der Waals surface area contributed by atoms with Crippen LogP contribution in [-0.4, -0.2) is 19.8 Å². The molecule has 0 aliphatic rings. The van der Waals surface area contributed by atoms with Gasteiger partial charge in [0.15, 0.2) is 0 Å². The van der Waals surface area contributed by atoms with Crippen molar-refractivity contribution in [1.82, 2.24) is 9.97 Å². The molecule has 0 aromatic carbocycles. The fourth-order valence-corrected chi connectivity index (χ4v) is 1.93. The minimum atomic E-state index is -0.863. The molecule has 0 atom stereocenters. The van der Waals surface area contributed by atoms with Crippen molar-refractivity contribution >= 4 is 19.8 Å². The Morgan fingerprint density at radius 2 is 2.20 bits per heavy atom. The maximum Gasteiger partial charge on any atom is 0 e. The molecule has 0 saturated carbocycles. The fraction of sp³-hybridized carbons (Fsp3) is 0.333. The Hall–Kier alpha value is 0.472. The Kier molecular flexibility index (Phi) is 5.41. The predicted molar refractivity (Wildman–Crippen MR) is 45.4 cm³/mol. The largest absolute Gasteiger partial charge is 0 e. The normalized spacial score (nSPS) is 10.0. The second kappa shape index (κ2) is 5.17. The molecule has 2 nitrogen and oxygen atoms in total. The summed E-state index contributed by atoms with van der Waals surface area (Å²) >= 11 is -0.863. The van der Waals surface area contributed by atoms with Crippen molar-refractivity contribution in [3.05, 3.63) is 22.3 Å². The van der Waals surface area contributed by atoms with Crippen LogP contribution < -0.4 is 0 Å². The quantitative estimate of drug-likeness (QED) is 0.295. The van der Waals surface area contributed by atoms with Crippen LogP contribution in [0.4, 0.5) is 0 Å². The van der Waals surface area contributed by atoms with E-state index in [-0.39, 0.29) is 20.4 Å². The SMILES string of the molecule is CI(C)c1ccn[c-]n1.[Re]. The predicted octanol–water partition coefficient (Wildman–Crippen LogP) is 1.21. The van der Waals surface area contributed by atoms with E-state index in [4.69, 9.17) is 0 Å². The van der Waals surface area contributed by atoms with Gasteiger partial charge in [0.2, 0.25) is 0 Å². The molecule has 1 aromatic heterocycles. The summed E-state index contributed by atoms with van der Waals surface area (Å²) < 4.78 is 1.20. The van der Waals surface area contributed by atoms with Crippen molar-refractivity contribution in [1.29, 1.82) is 0 Å². The molecule has 0 saturated heterocycles. The Labute approximate surface area is 81.9 Å². The molecule has 0 aliphatic heterocycles. The molecule has 0 unspecified atom stereocenters. The maximum atomic E-state index is 4.01. The third kappa shape index (κ3) is 3.04. The van der Waals surface area contributed by atoms with Gasteiger partial charge in [0.25, 0.3) is 0 Å². The van der Waals surface area contributed by atoms with Gasteiger partial charge >= 0.3 is 61.9 Å². The van der Waals surface area contributed by atoms with Crippen molar-refractivity contribution in [3.63, 3.8) is 0 Å². The van der Waals surface area contributed by atoms with Gasteiger partial charge in [0.05, 0.1) is 0 Å². The van der Waals surface area contributed by atoms with Crippen molar-refractivity contribution in [2.24, 2.45) is 0 Å². The van der Waals surface area contributed by atoms with Gasteiger partial charge in [-0.2, -0.15) is 0 Å². The van der Waals surface area contributed by atoms with Crippen LogP contribution >= 0.6 is 19.8 Å². The average molecular weight is 421 g/mol. The molecule has 0 bridgehead atoms. The minimum Gasteiger partial charge on any atom is 0 e. The zero-order valence-corrected chi connectivity index (χ0v) is 10.7. The van der Waals surface area contributed by atoms with Crippen LogP contribution in [0.3, 0.4) is 0 Å². The van der Waals surface area contributed by atoms with Crippen LogP contribution in [0.1, 0.15) is 0 Å². The van der Waals surface area contributed by atoms with E-state index < -0.39 is 19.8 Å². The first-order valence-corrected chi connectivity index (χ1v) is 7.89. The first-order valence-electron chi connectivity index (χ1n) is 2.50. The summed E-state index contributed by atoms with van der Waals surface area (Å²) in [4.78, 5) is 12.2. The summed E-state index contributed by atoms with van der Waals surface area (Å²) in [5, 5.41) is 0. The van der Waals surface area contributed by atoms with Gasteiger partial charge in [0, 0.05) is 20.4 Å². The number of alkyl halides is 2. The summed E-state index contributed by atoms with van der Waals surface area (Å²) in [5.74, 6) is 0. The van der Waals surface area contributed by atoms with Crippen molar-refractivity contribution < 1.29 is 20.4 Å². The third-order valence-electron chi connectivity index (χ3n) is 0.888. The molecule has 1 rings (SSSR count). The second-order valence-electron chi connectivity index (χ2n) is 1.74. The number of hydrogen-bond acceptors (Lipinski definition) is 2. The number of halogens is 1. The van der Waals surface area contributed by atoms with Crippen molar-refractivity contribution in [3.8, 4) is 0 Å². The van der Waals surface area contributed by atoms with Gasteiger partial charge in [-0.3, -0.25) is 0 Å². The van der Waals surface area contributed by atoms with E-state index in [0.717, 1.165) is 0 Å². The molecule has 0 spiro atoms. The smallest absolute Gasteiger partial charge is 0 e. The standard InChI is InChI=1S/C6H8IN2.Re/c1-7(2)6-3-4-8-5-9-6;/h3-4H,1-2H3;/q-1;. The molecule has 4 heteroatoms. The summed E-state index contributed by atoms with van der Waals surface area (Å²) in [6, 6.07) is 1.97. The van der Waals surface area contributed by atoms with Gasteiger partial charge in [0.1, 0.15) is 0 Å². The second-order valence-corrected chi connectivity index (χ2v) is 7.16. The monoisotopic (exact) mass is 422 g/mol. The van der Waals surface area contributed by atoms with Crippen LogP contribution in [0, 0.1) is 10.0 Å². The Morgan fingerprint density at radius 1 is 1.50 bits per heavy atom. The number of hydrogen-bond donors (Lipinski definition) is 0. The fourth-order valence-electron chi connectivity index (χ4n) is 0.457. The minimum absolute atomic E-state index is 0. The van der Waals surface area contributed by atoms with Gasteiger partial charge in [-0.05, 0) is 0 Å². The summed E-state index contributed by atoms with van der Waals surface area (Å²) in [7, 11) is 0. The zero-order chi connectivity index (χ0) is 6.69. The van der Waals surface area contributed by atoms with Crippen LogP contribution in [0.25, 0.3) is 0 Å². The van der Waals surface area contributed by atoms with Gasteiger partial charge < -0.3 is 0 Å². The zero-order valence-electron chi connectivity index (χ0n) is 5.81. The van der Waals surface area contributed by atoms with Gasteiger partial charge in [-0.15, -0.1) is 0 Å². The first-order chi connectivity index (χ1) is 4.30. The molecular formula is C6H8IN2Re-. The summed E-state index contributed by atoms with van der Waals surface area (Å²) in [6.45, 7) is 0. The van der Waals surface area contributed by atoms with E-state index in [1.807, 2.05) is 6.07 Å². The third-order valence-corrected chi connectivity index (χ3v) is 3.70. The van der Waals surface area contributed by atoms with Crippen LogP contribution in [0.15, 0.2) is 12.3 Å².